The zero-order valence-electron chi connectivity index (χ0n) is 25.6. The van der Waals surface area contributed by atoms with Crippen molar-refractivity contribution < 1.29 is 23.9 Å². The Bertz CT molecular complexity index is 1770. The molecule has 3 aromatic carbocycles. The van der Waals surface area contributed by atoms with Gasteiger partial charge in [-0.1, -0.05) is 78.9 Å². The molecule has 232 valence electrons. The van der Waals surface area contributed by atoms with Crippen LogP contribution in [0, 0.1) is 6.92 Å². The number of rotatable bonds is 6. The maximum absolute atomic E-state index is 14.0. The Labute approximate surface area is 260 Å². The van der Waals surface area contributed by atoms with Crippen molar-refractivity contribution in [3.63, 3.8) is 0 Å². The lowest BCUT2D eigenvalue weighted by atomic mass is 10.0. The van der Waals surface area contributed by atoms with Crippen molar-refractivity contribution in [2.24, 2.45) is 0 Å². The van der Waals surface area contributed by atoms with Gasteiger partial charge in [0.15, 0.2) is 6.10 Å². The summed E-state index contributed by atoms with van der Waals surface area (Å²) in [7, 11) is 0. The molecule has 1 aliphatic rings. The van der Waals surface area contributed by atoms with Crippen LogP contribution in [0.15, 0.2) is 107 Å². The minimum absolute atomic E-state index is 0.00848. The van der Waals surface area contributed by atoms with Crippen molar-refractivity contribution >= 4 is 18.0 Å². The standard InChI is InChI=1S/C35H35N3O7/c1-23-21-36(33(42)38(30(23)39)31(40)26-18-12-7-13-19-26)27-20-28(37(22-27)34(43)45-35(2,3)4)32(41)44-29(24-14-8-5-9-15-24)25-16-10-6-11-17-25/h5-19,21,27-29H,20,22H2,1-4H3/t27-,28+/m0/s1. The number of benzene rings is 3. The van der Waals surface area contributed by atoms with E-state index in [1.54, 1.807) is 39.0 Å². The van der Waals surface area contributed by atoms with Gasteiger partial charge in [-0.05, 0) is 51.0 Å². The number of esters is 1. The van der Waals surface area contributed by atoms with Gasteiger partial charge in [0, 0.05) is 30.3 Å². The van der Waals surface area contributed by atoms with Gasteiger partial charge in [-0.3, -0.25) is 19.1 Å². The molecule has 1 amide bonds. The Morgan fingerprint density at radius 3 is 1.89 bits per heavy atom. The van der Waals surface area contributed by atoms with Gasteiger partial charge in [0.05, 0.1) is 6.04 Å². The van der Waals surface area contributed by atoms with E-state index < -0.39 is 53.0 Å². The highest BCUT2D eigenvalue weighted by Crippen LogP contribution is 2.32. The minimum Gasteiger partial charge on any atom is -0.451 e. The molecule has 10 heteroatoms. The van der Waals surface area contributed by atoms with Gasteiger partial charge in [0.1, 0.15) is 11.6 Å². The van der Waals surface area contributed by atoms with Crippen molar-refractivity contribution in [2.75, 3.05) is 6.54 Å². The lowest BCUT2D eigenvalue weighted by Crippen LogP contribution is -2.46. The molecule has 0 N–H and O–H groups in total. The number of aryl methyl sites for hydroxylation is 1. The van der Waals surface area contributed by atoms with Crippen LogP contribution in [0.4, 0.5) is 4.79 Å². The minimum atomic E-state index is -1.11. The van der Waals surface area contributed by atoms with E-state index in [2.05, 4.69) is 0 Å². The lowest BCUT2D eigenvalue weighted by Gasteiger charge is -2.28. The summed E-state index contributed by atoms with van der Waals surface area (Å²) in [6.45, 7) is 6.56. The number of hydrogen-bond donors (Lipinski definition) is 0. The highest BCUT2D eigenvalue weighted by molar-refractivity contribution is 5.95. The number of nitrogens with zero attached hydrogens (tertiary/aromatic N) is 3. The van der Waals surface area contributed by atoms with E-state index in [-0.39, 0.29) is 24.1 Å². The lowest BCUT2D eigenvalue weighted by molar-refractivity contribution is -0.152. The van der Waals surface area contributed by atoms with E-state index in [1.807, 2.05) is 60.7 Å². The molecular formula is C35H35N3O7. The van der Waals surface area contributed by atoms with Crippen molar-refractivity contribution in [2.45, 2.75) is 57.9 Å². The predicted octanol–water partition coefficient (Wildman–Crippen LogP) is 4.89. The Morgan fingerprint density at radius 2 is 1.36 bits per heavy atom. The van der Waals surface area contributed by atoms with Crippen LogP contribution in [0.1, 0.15) is 66.4 Å². The summed E-state index contributed by atoms with van der Waals surface area (Å²) < 4.78 is 13.6. The Morgan fingerprint density at radius 1 is 0.822 bits per heavy atom. The van der Waals surface area contributed by atoms with E-state index in [9.17, 15) is 24.0 Å². The number of carbonyl (C=O) groups is 3. The average Bonchev–Trinajstić information content (AvgIpc) is 3.48. The molecule has 2 heterocycles. The molecule has 0 aliphatic carbocycles. The van der Waals surface area contributed by atoms with Gasteiger partial charge in [-0.2, -0.15) is 4.57 Å². The van der Waals surface area contributed by atoms with Crippen LogP contribution in [-0.4, -0.2) is 50.2 Å². The summed E-state index contributed by atoms with van der Waals surface area (Å²) >= 11 is 0. The molecule has 0 unspecified atom stereocenters. The zero-order valence-corrected chi connectivity index (χ0v) is 25.6. The third-order valence-electron chi connectivity index (χ3n) is 7.52. The van der Waals surface area contributed by atoms with E-state index >= 15 is 0 Å². The molecule has 10 nitrogen and oxygen atoms in total. The van der Waals surface area contributed by atoms with Crippen LogP contribution in [0.3, 0.4) is 0 Å². The highest BCUT2D eigenvalue weighted by atomic mass is 16.6. The molecular weight excluding hydrogens is 574 g/mol. The Kier molecular flexibility index (Phi) is 8.85. The van der Waals surface area contributed by atoms with Crippen molar-refractivity contribution in [1.82, 2.24) is 14.0 Å². The second-order valence-electron chi connectivity index (χ2n) is 12.0. The molecule has 0 bridgehead atoms. The Hall–Kier alpha value is -5.25. The number of ether oxygens (including phenoxy) is 2. The van der Waals surface area contributed by atoms with Crippen LogP contribution < -0.4 is 11.2 Å². The number of carbonyl (C=O) groups excluding carboxylic acids is 3. The zero-order chi connectivity index (χ0) is 32.3. The van der Waals surface area contributed by atoms with Crippen molar-refractivity contribution in [3.8, 4) is 0 Å². The van der Waals surface area contributed by atoms with Crippen LogP contribution in [0.2, 0.25) is 0 Å². The molecule has 0 radical (unpaired) electrons. The number of likely N-dealkylation sites (tertiary alicyclic amines) is 1. The van der Waals surface area contributed by atoms with Gasteiger partial charge in [-0.15, -0.1) is 0 Å². The van der Waals surface area contributed by atoms with Crippen LogP contribution in [0.5, 0.6) is 0 Å². The quantitative estimate of drug-likeness (QED) is 0.286. The second kappa shape index (κ2) is 12.8. The maximum atomic E-state index is 14.0. The Balaban J connectivity index is 1.52. The van der Waals surface area contributed by atoms with Gasteiger partial charge >= 0.3 is 17.8 Å². The summed E-state index contributed by atoms with van der Waals surface area (Å²) in [5.41, 5.74) is -0.650. The van der Waals surface area contributed by atoms with Crippen LogP contribution >= 0.6 is 0 Å². The fraction of sp³-hybridized carbons (Fsp3) is 0.286. The molecule has 5 rings (SSSR count). The summed E-state index contributed by atoms with van der Waals surface area (Å²) in [6.07, 6.45) is -0.149. The third-order valence-corrected chi connectivity index (χ3v) is 7.52. The van der Waals surface area contributed by atoms with Crippen LogP contribution in [-0.2, 0) is 14.3 Å². The topological polar surface area (TPSA) is 117 Å². The smallest absolute Gasteiger partial charge is 0.411 e. The summed E-state index contributed by atoms with van der Waals surface area (Å²) in [5.74, 6) is -1.45. The fourth-order valence-corrected chi connectivity index (χ4v) is 5.39. The molecule has 4 aromatic rings. The van der Waals surface area contributed by atoms with Gasteiger partial charge < -0.3 is 9.47 Å². The molecule has 1 aliphatic heterocycles. The molecule has 2 atom stereocenters. The fourth-order valence-electron chi connectivity index (χ4n) is 5.39. The predicted molar refractivity (Wildman–Crippen MR) is 167 cm³/mol. The molecule has 45 heavy (non-hydrogen) atoms. The van der Waals surface area contributed by atoms with Gasteiger partial charge in [-0.25, -0.2) is 14.4 Å². The average molecular weight is 610 g/mol. The van der Waals surface area contributed by atoms with Crippen molar-refractivity contribution in [3.05, 3.63) is 140 Å². The van der Waals surface area contributed by atoms with Crippen molar-refractivity contribution in [1.29, 1.82) is 0 Å². The first-order valence-corrected chi connectivity index (χ1v) is 14.7. The molecule has 1 saturated heterocycles. The maximum Gasteiger partial charge on any atom is 0.411 e. The number of hydrogen-bond acceptors (Lipinski definition) is 7. The van der Waals surface area contributed by atoms with E-state index in [0.29, 0.717) is 4.57 Å². The molecule has 1 fully saturated rings. The third kappa shape index (κ3) is 6.80. The van der Waals surface area contributed by atoms with E-state index in [4.69, 9.17) is 9.47 Å². The molecule has 0 spiro atoms. The normalized spacial score (nSPS) is 16.4. The SMILES string of the molecule is Cc1cn([C@H]2C[C@H](C(=O)OC(c3ccccc3)c3ccccc3)N(C(=O)OC(C)(C)C)C2)c(=O)n(C(=O)c2ccccc2)c1=O. The summed E-state index contributed by atoms with van der Waals surface area (Å²) in [6, 6.07) is 24.7. The summed E-state index contributed by atoms with van der Waals surface area (Å²) in [4.78, 5) is 68.7. The largest absolute Gasteiger partial charge is 0.451 e. The monoisotopic (exact) mass is 609 g/mol. The van der Waals surface area contributed by atoms with Gasteiger partial charge in [0.25, 0.3) is 11.5 Å². The first-order chi connectivity index (χ1) is 21.4. The van der Waals surface area contributed by atoms with Crippen LogP contribution in [0.25, 0.3) is 0 Å². The number of amides is 1. The second-order valence-corrected chi connectivity index (χ2v) is 12.0. The van der Waals surface area contributed by atoms with E-state index in [0.717, 1.165) is 11.1 Å². The highest BCUT2D eigenvalue weighted by Gasteiger charge is 2.44. The van der Waals surface area contributed by atoms with E-state index in [1.165, 1.54) is 34.7 Å². The molecule has 1 aromatic heterocycles. The first-order valence-electron chi connectivity index (χ1n) is 14.7. The summed E-state index contributed by atoms with van der Waals surface area (Å²) in [5, 5.41) is 0. The molecule has 0 saturated carbocycles. The van der Waals surface area contributed by atoms with Gasteiger partial charge in [0.2, 0.25) is 0 Å². The number of aromatic nitrogens is 2. The first kappa shape index (κ1) is 31.2.